The minimum Gasteiger partial charge on any atom is -0.466 e. The molecule has 0 saturated carbocycles. The average molecular weight is 465 g/mol. The van der Waals surface area contributed by atoms with Gasteiger partial charge < -0.3 is 20.1 Å². The van der Waals surface area contributed by atoms with Gasteiger partial charge in [-0.05, 0) is 60.6 Å². The molecule has 7 nitrogen and oxygen atoms in total. The van der Waals surface area contributed by atoms with Gasteiger partial charge in [-0.25, -0.2) is 4.98 Å². The molecule has 2 heterocycles. The number of halogens is 3. The van der Waals surface area contributed by atoms with Crippen LogP contribution < -0.4 is 15.4 Å². The molecule has 1 atom stereocenters. The first-order valence-corrected chi connectivity index (χ1v) is 10.6. The number of ether oxygens (including phenoxy) is 2. The van der Waals surface area contributed by atoms with E-state index in [0.717, 1.165) is 5.56 Å². The van der Waals surface area contributed by atoms with Gasteiger partial charge in [0.25, 0.3) is 5.91 Å². The number of hydrogen-bond donors (Lipinski definition) is 2. The highest BCUT2D eigenvalue weighted by Crippen LogP contribution is 2.29. The lowest BCUT2D eigenvalue weighted by atomic mass is 9.97. The fraction of sp³-hybridized carbons (Fsp3) is 0.435. The van der Waals surface area contributed by atoms with Crippen molar-refractivity contribution in [2.45, 2.75) is 45.9 Å². The van der Waals surface area contributed by atoms with E-state index in [0.29, 0.717) is 42.2 Å². The molecule has 1 saturated heterocycles. The van der Waals surface area contributed by atoms with E-state index in [9.17, 15) is 22.8 Å². The van der Waals surface area contributed by atoms with Crippen molar-refractivity contribution in [3.63, 3.8) is 0 Å². The lowest BCUT2D eigenvalue weighted by Crippen LogP contribution is -2.34. The number of hydrogen-bond acceptors (Lipinski definition) is 6. The molecule has 2 N–H and O–H groups in total. The number of pyridine rings is 1. The van der Waals surface area contributed by atoms with Crippen LogP contribution in [0.25, 0.3) is 0 Å². The summed E-state index contributed by atoms with van der Waals surface area (Å²) in [5.74, 6) is -0.325. The zero-order valence-electron chi connectivity index (χ0n) is 18.6. The second kappa shape index (κ2) is 10.1. The summed E-state index contributed by atoms with van der Waals surface area (Å²) >= 11 is 0. The zero-order chi connectivity index (χ0) is 24.2. The lowest BCUT2D eigenvalue weighted by molar-refractivity contribution is -0.274. The van der Waals surface area contributed by atoms with Crippen molar-refractivity contribution >= 4 is 23.4 Å². The molecular weight excluding hydrogens is 439 g/mol. The number of esters is 1. The quantitative estimate of drug-likeness (QED) is 0.569. The maximum absolute atomic E-state index is 12.8. The summed E-state index contributed by atoms with van der Waals surface area (Å²) in [5, 5.41) is 5.96. The smallest absolute Gasteiger partial charge is 0.466 e. The molecule has 1 aliphatic heterocycles. The molecule has 1 fully saturated rings. The van der Waals surface area contributed by atoms with Crippen molar-refractivity contribution in [2.75, 3.05) is 18.5 Å². The monoisotopic (exact) mass is 465 g/mol. The highest BCUT2D eigenvalue weighted by Gasteiger charge is 2.31. The number of aryl methyl sites for hydroxylation is 1. The second-order valence-electron chi connectivity index (χ2n) is 8.25. The van der Waals surface area contributed by atoms with E-state index < -0.39 is 6.36 Å². The first-order chi connectivity index (χ1) is 15.5. The largest absolute Gasteiger partial charge is 0.573 e. The van der Waals surface area contributed by atoms with E-state index in [1.54, 1.807) is 13.0 Å². The van der Waals surface area contributed by atoms with Crippen molar-refractivity contribution in [3.8, 4) is 5.75 Å². The maximum Gasteiger partial charge on any atom is 0.573 e. The van der Waals surface area contributed by atoms with E-state index >= 15 is 0 Å². The number of nitrogens with one attached hydrogen (secondary N) is 2. The molecule has 1 aromatic heterocycles. The Balaban J connectivity index is 1.72. The highest BCUT2D eigenvalue weighted by molar-refractivity contribution is 5.96. The van der Waals surface area contributed by atoms with Crippen LogP contribution in [0.1, 0.15) is 54.1 Å². The molecule has 2 aromatic rings. The van der Waals surface area contributed by atoms with E-state index in [2.05, 4.69) is 20.4 Å². The fourth-order valence-electron chi connectivity index (χ4n) is 3.56. The van der Waals surface area contributed by atoms with Crippen molar-refractivity contribution < 1.29 is 32.2 Å². The molecule has 33 heavy (non-hydrogen) atoms. The number of aromatic nitrogens is 1. The summed E-state index contributed by atoms with van der Waals surface area (Å²) in [4.78, 5) is 28.5. The number of carbonyl (C=O) groups is 2. The zero-order valence-corrected chi connectivity index (χ0v) is 18.6. The Labute approximate surface area is 189 Å². The fourth-order valence-corrected chi connectivity index (χ4v) is 3.56. The first-order valence-electron chi connectivity index (χ1n) is 10.6. The molecule has 1 aliphatic rings. The number of benzene rings is 1. The van der Waals surface area contributed by atoms with E-state index in [1.165, 1.54) is 24.4 Å². The van der Waals surface area contributed by atoms with Crippen LogP contribution in [-0.2, 0) is 9.53 Å². The van der Waals surface area contributed by atoms with Crippen LogP contribution in [0, 0.1) is 12.8 Å². The number of nitrogens with zero attached hydrogens (tertiary/aromatic N) is 1. The van der Waals surface area contributed by atoms with Crippen molar-refractivity contribution in [3.05, 3.63) is 47.2 Å². The Kier molecular flexibility index (Phi) is 7.45. The number of carbonyl (C=O) groups excluding carboxylic acids is 2. The number of alkyl halides is 3. The molecule has 3 rings (SSSR count). The van der Waals surface area contributed by atoms with E-state index in [1.807, 2.05) is 13.8 Å². The molecule has 10 heteroatoms. The molecule has 0 spiro atoms. The lowest BCUT2D eigenvalue weighted by Gasteiger charge is -2.22. The molecule has 1 amide bonds. The third kappa shape index (κ3) is 6.84. The first kappa shape index (κ1) is 24.3. The van der Waals surface area contributed by atoms with Crippen molar-refractivity contribution in [2.24, 2.45) is 5.92 Å². The summed E-state index contributed by atoms with van der Waals surface area (Å²) in [5.41, 5.74) is 2.30. The predicted octanol–water partition coefficient (Wildman–Crippen LogP) is 4.84. The number of cyclic esters (lactones) is 1. The average Bonchev–Trinajstić information content (AvgIpc) is 2.73. The van der Waals surface area contributed by atoms with Crippen LogP contribution in [0.4, 0.5) is 24.7 Å². The van der Waals surface area contributed by atoms with E-state index in [4.69, 9.17) is 4.74 Å². The third-order valence-electron chi connectivity index (χ3n) is 5.29. The number of amides is 1. The summed E-state index contributed by atoms with van der Waals surface area (Å²) in [6, 6.07) is 5.72. The van der Waals surface area contributed by atoms with Crippen molar-refractivity contribution in [1.82, 2.24) is 10.3 Å². The topological polar surface area (TPSA) is 89.5 Å². The molecule has 0 radical (unpaired) electrons. The van der Waals surface area contributed by atoms with Gasteiger partial charge in [0.15, 0.2) is 0 Å². The van der Waals surface area contributed by atoms with Crippen LogP contribution in [0.15, 0.2) is 30.5 Å². The highest BCUT2D eigenvalue weighted by atomic mass is 19.4. The Morgan fingerprint density at radius 3 is 2.70 bits per heavy atom. The normalized spacial score (nSPS) is 16.3. The van der Waals surface area contributed by atoms with Crippen LogP contribution in [0.3, 0.4) is 0 Å². The minimum absolute atomic E-state index is 0.0163. The second-order valence-corrected chi connectivity index (χ2v) is 8.25. The molecule has 1 unspecified atom stereocenters. The molecule has 0 bridgehead atoms. The molecule has 1 aromatic carbocycles. The Bertz CT molecular complexity index is 1020. The van der Waals surface area contributed by atoms with Gasteiger partial charge in [0.1, 0.15) is 11.6 Å². The van der Waals surface area contributed by atoms with Crippen LogP contribution in [0.5, 0.6) is 5.75 Å². The van der Waals surface area contributed by atoms with Gasteiger partial charge in [0.05, 0.1) is 18.6 Å². The number of rotatable bonds is 7. The summed E-state index contributed by atoms with van der Waals surface area (Å²) in [6.45, 7) is 6.28. The third-order valence-corrected chi connectivity index (χ3v) is 5.29. The van der Waals surface area contributed by atoms with Gasteiger partial charge in [-0.2, -0.15) is 0 Å². The maximum atomic E-state index is 12.8. The SMILES string of the molecule is Cc1cc(OC(F)(F)F)ccc1Nc1cc(C(C)C)c(C(=O)NCC2CCOC(=O)C2)cn1. The standard InChI is InChI=1S/C23H26F3N3O4/c1-13(2)17-10-20(29-19-5-4-16(8-14(19)3)33-23(24,25)26)27-12-18(17)22(31)28-11-15-6-7-32-21(30)9-15/h4-5,8,10,12-13,15H,6-7,9,11H2,1-3H3,(H,27,29)(H,28,31). The molecule has 0 aliphatic carbocycles. The predicted molar refractivity (Wildman–Crippen MR) is 115 cm³/mol. The molecular formula is C23H26F3N3O4. The van der Waals surface area contributed by atoms with Gasteiger partial charge in [-0.15, -0.1) is 13.2 Å². The minimum atomic E-state index is -4.76. The van der Waals surface area contributed by atoms with Gasteiger partial charge in [-0.3, -0.25) is 9.59 Å². The Morgan fingerprint density at radius 1 is 1.30 bits per heavy atom. The van der Waals surface area contributed by atoms with Gasteiger partial charge in [0, 0.05) is 18.4 Å². The van der Waals surface area contributed by atoms with Crippen molar-refractivity contribution in [1.29, 1.82) is 0 Å². The summed E-state index contributed by atoms with van der Waals surface area (Å²) < 4.78 is 46.1. The van der Waals surface area contributed by atoms with Gasteiger partial charge in [-0.1, -0.05) is 13.8 Å². The van der Waals surface area contributed by atoms with Crippen LogP contribution >= 0.6 is 0 Å². The van der Waals surface area contributed by atoms with E-state index in [-0.39, 0.29) is 35.9 Å². The summed E-state index contributed by atoms with van der Waals surface area (Å²) in [6.07, 6.45) is -2.30. The number of anilines is 2. The molecule has 178 valence electrons. The Hall–Kier alpha value is -3.30. The van der Waals surface area contributed by atoms with Gasteiger partial charge >= 0.3 is 12.3 Å². The Morgan fingerprint density at radius 2 is 2.06 bits per heavy atom. The van der Waals surface area contributed by atoms with Crippen LogP contribution in [-0.4, -0.2) is 36.4 Å². The van der Waals surface area contributed by atoms with Gasteiger partial charge in [0.2, 0.25) is 0 Å². The van der Waals surface area contributed by atoms with Crippen LogP contribution in [0.2, 0.25) is 0 Å². The summed E-state index contributed by atoms with van der Waals surface area (Å²) in [7, 11) is 0.